The Morgan fingerprint density at radius 3 is 2.20 bits per heavy atom. The van der Waals surface area contributed by atoms with E-state index >= 15 is 0 Å². The summed E-state index contributed by atoms with van der Waals surface area (Å²) in [5.74, 6) is 1.74. The topological polar surface area (TPSA) is 31.4 Å². The van der Waals surface area contributed by atoms with Gasteiger partial charge in [0.05, 0.1) is 33.3 Å². The smallest absolute Gasteiger partial charge is 0.162 e. The number of fused-ring (bicyclic) bond motifs is 1. The van der Waals surface area contributed by atoms with Gasteiger partial charge in [-0.15, -0.1) is 0 Å². The van der Waals surface area contributed by atoms with E-state index in [0.717, 1.165) is 44.8 Å². The van der Waals surface area contributed by atoms with E-state index in [1.807, 2.05) is 24.3 Å². The molecule has 5 aliphatic heterocycles. The number of para-hydroxylation sites is 2. The molecule has 5 heterocycles. The fraction of sp³-hybridized carbons (Fsp3) is 0.571. The molecule has 106 valence electrons. The van der Waals surface area contributed by atoms with Crippen molar-refractivity contribution >= 4 is 0 Å². The Morgan fingerprint density at radius 1 is 0.850 bits per heavy atom. The summed E-state index contributed by atoms with van der Waals surface area (Å²) in [5.41, 5.74) is 0. The molecule has 0 radical (unpaired) electrons. The van der Waals surface area contributed by atoms with Crippen LogP contribution in [0.25, 0.3) is 0 Å². The Balaban J connectivity index is 1.42. The normalized spacial score (nSPS) is 44.6. The Hall–Kier alpha value is -1.34. The van der Waals surface area contributed by atoms with Gasteiger partial charge in [0.25, 0.3) is 0 Å². The zero-order valence-corrected chi connectivity index (χ0v) is 11.3. The molecule has 0 amide bonds. The van der Waals surface area contributed by atoms with Crippen LogP contribution in [0.4, 0.5) is 0 Å². The standard InChI is InChI=1S/C14H18N4O2/c1-2-4-12-11(3-1)19-5-13(20-12)14-17-7-15-6-16(9-17)10-18(14)8-15/h1-4,13-14H,5-10H2. The second kappa shape index (κ2) is 4.08. The average Bonchev–Trinajstić information content (AvgIpc) is 2.46. The van der Waals surface area contributed by atoms with Gasteiger partial charge in [0, 0.05) is 0 Å². The number of rotatable bonds is 1. The molecular weight excluding hydrogens is 256 g/mol. The third kappa shape index (κ3) is 1.59. The quantitative estimate of drug-likeness (QED) is 0.727. The summed E-state index contributed by atoms with van der Waals surface area (Å²) in [6.07, 6.45) is 0.420. The molecule has 0 N–H and O–H groups in total. The predicted octanol–water partition coefficient (Wildman–Crippen LogP) is 0.189. The predicted molar refractivity (Wildman–Crippen MR) is 71.8 cm³/mol. The maximum atomic E-state index is 6.21. The van der Waals surface area contributed by atoms with Gasteiger partial charge in [-0.05, 0) is 12.1 Å². The minimum absolute atomic E-state index is 0.0901. The van der Waals surface area contributed by atoms with Crippen molar-refractivity contribution in [2.45, 2.75) is 12.3 Å². The molecule has 1 atom stereocenters. The van der Waals surface area contributed by atoms with E-state index in [0.29, 0.717) is 12.8 Å². The van der Waals surface area contributed by atoms with Crippen molar-refractivity contribution in [2.75, 3.05) is 40.0 Å². The van der Waals surface area contributed by atoms with E-state index in [1.165, 1.54) is 0 Å². The van der Waals surface area contributed by atoms with Gasteiger partial charge in [-0.25, -0.2) is 0 Å². The lowest BCUT2D eigenvalue weighted by Gasteiger charge is -2.61. The van der Waals surface area contributed by atoms with Crippen LogP contribution in [-0.2, 0) is 0 Å². The van der Waals surface area contributed by atoms with E-state index in [9.17, 15) is 0 Å². The molecule has 1 unspecified atom stereocenters. The van der Waals surface area contributed by atoms with Crippen LogP contribution in [0.15, 0.2) is 24.3 Å². The van der Waals surface area contributed by atoms with Gasteiger partial charge >= 0.3 is 0 Å². The molecule has 5 aliphatic rings. The van der Waals surface area contributed by atoms with Crippen LogP contribution in [0.5, 0.6) is 11.5 Å². The lowest BCUT2D eigenvalue weighted by molar-refractivity contribution is -0.251. The summed E-state index contributed by atoms with van der Waals surface area (Å²) in [7, 11) is 0. The first-order valence-electron chi connectivity index (χ1n) is 7.18. The first-order chi connectivity index (χ1) is 9.87. The SMILES string of the molecule is c1ccc2c(c1)OCC(C1N3CN4CN(C3)CN1C4)O2. The van der Waals surface area contributed by atoms with Crippen LogP contribution in [0, 0.1) is 0 Å². The minimum atomic E-state index is 0.0901. The zero-order chi connectivity index (χ0) is 13.1. The molecule has 0 aromatic heterocycles. The molecule has 1 aromatic carbocycles. The number of ether oxygens (including phenoxy) is 2. The molecular formula is C14H18N4O2. The van der Waals surface area contributed by atoms with Crippen LogP contribution in [-0.4, -0.2) is 71.8 Å². The third-order valence-electron chi connectivity index (χ3n) is 4.54. The maximum absolute atomic E-state index is 6.21. The summed E-state index contributed by atoms with van der Waals surface area (Å²) in [4.78, 5) is 9.89. The lowest BCUT2D eigenvalue weighted by Crippen LogP contribution is -2.78. The highest BCUT2D eigenvalue weighted by Crippen LogP contribution is 2.35. The monoisotopic (exact) mass is 274 g/mol. The van der Waals surface area contributed by atoms with Gasteiger partial charge in [0.1, 0.15) is 12.8 Å². The van der Waals surface area contributed by atoms with Crippen molar-refractivity contribution in [1.29, 1.82) is 0 Å². The van der Waals surface area contributed by atoms with Crippen molar-refractivity contribution < 1.29 is 9.47 Å². The van der Waals surface area contributed by atoms with Crippen LogP contribution in [0.1, 0.15) is 0 Å². The molecule has 0 aliphatic carbocycles. The van der Waals surface area contributed by atoms with Gasteiger partial charge < -0.3 is 9.47 Å². The van der Waals surface area contributed by atoms with E-state index in [-0.39, 0.29) is 6.10 Å². The first-order valence-corrected chi connectivity index (χ1v) is 7.18. The van der Waals surface area contributed by atoms with E-state index in [1.54, 1.807) is 0 Å². The summed E-state index contributed by atoms with van der Waals surface area (Å²) in [6, 6.07) is 7.95. The van der Waals surface area contributed by atoms with Crippen LogP contribution >= 0.6 is 0 Å². The Kier molecular flexibility index (Phi) is 2.31. The molecule has 4 fully saturated rings. The molecule has 6 rings (SSSR count). The van der Waals surface area contributed by atoms with E-state index in [4.69, 9.17) is 9.47 Å². The van der Waals surface area contributed by atoms with Gasteiger partial charge in [-0.3, -0.25) is 19.6 Å². The molecule has 6 heteroatoms. The average molecular weight is 274 g/mol. The molecule has 0 spiro atoms. The van der Waals surface area contributed by atoms with Crippen molar-refractivity contribution in [1.82, 2.24) is 19.6 Å². The lowest BCUT2D eigenvalue weighted by atomic mass is 10.1. The van der Waals surface area contributed by atoms with Gasteiger partial charge in [-0.2, -0.15) is 0 Å². The molecule has 0 saturated carbocycles. The van der Waals surface area contributed by atoms with Gasteiger partial charge in [0.15, 0.2) is 17.6 Å². The fourth-order valence-electron chi connectivity index (χ4n) is 3.89. The summed E-state index contributed by atoms with van der Waals surface area (Å²) in [5, 5.41) is 0. The largest absolute Gasteiger partial charge is 0.486 e. The van der Waals surface area contributed by atoms with Crippen LogP contribution < -0.4 is 9.47 Å². The third-order valence-corrected chi connectivity index (χ3v) is 4.54. The highest BCUT2D eigenvalue weighted by atomic mass is 16.6. The Morgan fingerprint density at radius 2 is 1.50 bits per heavy atom. The van der Waals surface area contributed by atoms with Crippen molar-refractivity contribution in [3.8, 4) is 11.5 Å². The van der Waals surface area contributed by atoms with E-state index in [2.05, 4.69) is 19.6 Å². The summed E-state index contributed by atoms with van der Waals surface area (Å²) < 4.78 is 12.1. The Labute approximate surface area is 118 Å². The number of hydrogen-bond acceptors (Lipinski definition) is 6. The summed E-state index contributed by atoms with van der Waals surface area (Å²) >= 11 is 0. The molecule has 6 nitrogen and oxygen atoms in total. The number of nitrogens with zero attached hydrogens (tertiary/aromatic N) is 4. The minimum Gasteiger partial charge on any atom is -0.486 e. The van der Waals surface area contributed by atoms with Crippen molar-refractivity contribution in [2.24, 2.45) is 0 Å². The molecule has 20 heavy (non-hydrogen) atoms. The van der Waals surface area contributed by atoms with Gasteiger partial charge in [0.2, 0.25) is 0 Å². The molecule has 4 bridgehead atoms. The Bertz CT molecular complexity index is 510. The second-order valence-corrected chi connectivity index (χ2v) is 6.05. The molecule has 4 saturated heterocycles. The van der Waals surface area contributed by atoms with Crippen molar-refractivity contribution in [3.05, 3.63) is 24.3 Å². The van der Waals surface area contributed by atoms with Gasteiger partial charge in [-0.1, -0.05) is 12.1 Å². The van der Waals surface area contributed by atoms with E-state index < -0.39 is 0 Å². The molecule has 1 aromatic rings. The highest BCUT2D eigenvalue weighted by Gasteiger charge is 2.48. The second-order valence-electron chi connectivity index (χ2n) is 6.05. The van der Waals surface area contributed by atoms with Crippen LogP contribution in [0.3, 0.4) is 0 Å². The first kappa shape index (κ1) is 11.3. The van der Waals surface area contributed by atoms with Crippen LogP contribution in [0.2, 0.25) is 0 Å². The summed E-state index contributed by atoms with van der Waals surface area (Å²) in [6.45, 7) is 5.90. The number of hydrogen-bond donors (Lipinski definition) is 0. The van der Waals surface area contributed by atoms with Crippen molar-refractivity contribution in [3.63, 3.8) is 0 Å². The number of benzene rings is 1. The zero-order valence-electron chi connectivity index (χ0n) is 11.3. The maximum Gasteiger partial charge on any atom is 0.162 e. The highest BCUT2D eigenvalue weighted by molar-refractivity contribution is 5.40. The fourth-order valence-corrected chi connectivity index (χ4v) is 3.89.